The van der Waals surface area contributed by atoms with E-state index in [4.69, 9.17) is 75.0 Å². The average molecular weight is 1400 g/mol. The monoisotopic (exact) mass is 1390 g/mol. The molecule has 0 aliphatic rings. The number of phenolic OH excluding ortho intramolecular Hbond substituents is 2. The van der Waals surface area contributed by atoms with Gasteiger partial charge in [0.15, 0.2) is 42.7 Å². The molecule has 0 spiro atoms. The highest BCUT2D eigenvalue weighted by Gasteiger charge is 2.17. The number of hydrogen-bond acceptors (Lipinski definition) is 30. The first kappa shape index (κ1) is 66.0. The number of fused-ring (bicyclic) bond motifs is 4. The van der Waals surface area contributed by atoms with E-state index in [1.54, 1.807) is 31.6 Å². The molecule has 0 unspecified atom stereocenters. The van der Waals surface area contributed by atoms with Crippen molar-refractivity contribution in [3.8, 4) is 35.1 Å². The van der Waals surface area contributed by atoms with E-state index in [1.165, 1.54) is 79.1 Å². The molecule has 0 atom stereocenters. The van der Waals surface area contributed by atoms with Gasteiger partial charge in [-0.05, 0) is 113 Å². The van der Waals surface area contributed by atoms with Gasteiger partial charge >= 0.3 is 0 Å². The molecule has 8 aromatic heterocycles. The van der Waals surface area contributed by atoms with Crippen molar-refractivity contribution in [3.63, 3.8) is 0 Å². The lowest BCUT2D eigenvalue weighted by Gasteiger charge is -2.08. The van der Waals surface area contributed by atoms with Gasteiger partial charge in [-0.15, -0.1) is 40.9 Å². The number of benzene rings is 4. The summed E-state index contributed by atoms with van der Waals surface area (Å²) in [5, 5.41) is 95.5. The molecule has 12 rings (SSSR count). The number of nitriles is 2. The number of aromatic nitrogens is 9. The van der Waals surface area contributed by atoms with Crippen LogP contribution in [0, 0.1) is 29.2 Å². The van der Waals surface area contributed by atoms with Crippen LogP contribution < -0.4 is 16.8 Å². The number of carbonyl (C=O) groups is 3. The lowest BCUT2D eigenvalue weighted by atomic mass is 10.2. The molecular weight excluding hydrogens is 1360 g/mol. The van der Waals surface area contributed by atoms with Gasteiger partial charge in [0.2, 0.25) is 11.6 Å². The summed E-state index contributed by atoms with van der Waals surface area (Å²) in [6.45, 7) is 8.79. The van der Waals surface area contributed by atoms with Crippen molar-refractivity contribution in [2.45, 2.75) is 13.3 Å². The van der Waals surface area contributed by atoms with Crippen LogP contribution in [0.4, 0.5) is 54.1 Å². The molecule has 9 N–H and O–H groups in total. The van der Waals surface area contributed by atoms with Crippen molar-refractivity contribution in [1.82, 2.24) is 42.4 Å². The van der Waals surface area contributed by atoms with Crippen LogP contribution in [0.3, 0.4) is 0 Å². The molecule has 4 aromatic carbocycles. The molecule has 0 saturated carbocycles. The molecule has 0 aliphatic heterocycles. The molecule has 30 nitrogen and oxygen atoms in total. The molecule has 93 heavy (non-hydrogen) atoms. The van der Waals surface area contributed by atoms with Gasteiger partial charge in [0, 0.05) is 48.9 Å². The average Bonchev–Trinajstić information content (AvgIpc) is 1.88. The van der Waals surface area contributed by atoms with Crippen molar-refractivity contribution in [1.29, 1.82) is 10.5 Å². The zero-order valence-corrected chi connectivity index (χ0v) is 52.6. The number of phenols is 4. The second-order valence-electron chi connectivity index (χ2n) is 17.8. The van der Waals surface area contributed by atoms with Crippen LogP contribution in [-0.2, 0) is 4.79 Å². The van der Waals surface area contributed by atoms with Crippen LogP contribution in [0.5, 0.6) is 23.0 Å². The minimum absolute atomic E-state index is 0.0347. The van der Waals surface area contributed by atoms with Gasteiger partial charge < -0.3 is 37.2 Å². The number of nitrogens with zero attached hydrogens (tertiary/aromatic N) is 20. The second-order valence-corrected chi connectivity index (χ2v) is 22.4. The van der Waals surface area contributed by atoms with Crippen LogP contribution in [-0.4, -0.2) is 80.6 Å². The summed E-state index contributed by atoms with van der Waals surface area (Å²) < 4.78 is 16.5. The van der Waals surface area contributed by atoms with E-state index in [-0.39, 0.29) is 77.9 Å². The van der Waals surface area contributed by atoms with E-state index in [2.05, 4.69) is 93.5 Å². The largest absolute Gasteiger partial charge is 0.507 e. The first-order valence-corrected chi connectivity index (χ1v) is 30.0. The minimum Gasteiger partial charge on any atom is -0.507 e. The maximum Gasteiger partial charge on any atom is 0.252 e. The number of nitrogens with one attached hydrogen (secondary N) is 1. The molecule has 0 radical (unpaired) electrons. The second kappa shape index (κ2) is 29.9. The number of hydrogen-bond donors (Lipinski definition) is 7. The maximum absolute atomic E-state index is 11.5. The predicted octanol–water partition coefficient (Wildman–Crippen LogP) is 16.1. The smallest absolute Gasteiger partial charge is 0.252 e. The number of azo groups is 4. The Hall–Kier alpha value is -11.4. The maximum atomic E-state index is 11.5. The summed E-state index contributed by atoms with van der Waals surface area (Å²) in [6, 6.07) is 21.0. The third-order valence-corrected chi connectivity index (χ3v) is 15.8. The standard InChI is InChI=1S/C14H7ClN6O2S.C14H11ClN6O2S.C14H8N6O2S.C13H5Cl2N5OS/c15-11-6(5-16)3-9-13(18-11)21-24-14(9)20-19-7-1-2-10(22)8(4-7)12(17)23;1-2-10(22)18-9-6-7(5-8(15)12(9)23)19-20-14-11-13(21-24-14)17-4-3-16-11;1-16-10-6-17-5-9-12(10)20-23-14(9)19-18-7-2-3-11(21)8(4-7)13(15)22;14-8-3-11(21)9(15)2-10(8)18-19-13-7-1-6(4-16)5-17-12(7)20-22-13/h1-4,22H,(H2,17,23);3-6,23H,2H2,1H3,(H,18,22);2-6,21H,(H2,15,22);1-3,5,21H. The predicted molar refractivity (Wildman–Crippen MR) is 348 cm³/mol. The quantitative estimate of drug-likeness (QED) is 0.0258. The van der Waals surface area contributed by atoms with Crippen LogP contribution >= 0.6 is 92.5 Å². The van der Waals surface area contributed by atoms with Gasteiger partial charge in [0.1, 0.15) is 45.7 Å². The lowest BCUT2D eigenvalue weighted by Crippen LogP contribution is -2.10. The molecule has 460 valence electrons. The van der Waals surface area contributed by atoms with Crippen molar-refractivity contribution in [2.75, 3.05) is 5.32 Å². The fraction of sp³-hybridized carbons (Fsp3) is 0.0364. The van der Waals surface area contributed by atoms with Crippen LogP contribution in [0.25, 0.3) is 49.0 Å². The fourth-order valence-electron chi connectivity index (χ4n) is 7.24. The summed E-state index contributed by atoms with van der Waals surface area (Å²) >= 11 is 28.0. The molecule has 0 fully saturated rings. The molecule has 12 aromatic rings. The summed E-state index contributed by atoms with van der Waals surface area (Å²) in [7, 11) is 0. The molecule has 0 saturated heterocycles. The number of anilines is 1. The number of primary amides is 2. The number of pyridine rings is 3. The number of aromatic hydroxyl groups is 4. The Morgan fingerprint density at radius 2 is 1.18 bits per heavy atom. The van der Waals surface area contributed by atoms with E-state index < -0.39 is 11.8 Å². The van der Waals surface area contributed by atoms with Gasteiger partial charge in [-0.2, -0.15) is 23.6 Å². The highest BCUT2D eigenvalue weighted by atomic mass is 35.5. The first-order valence-electron chi connectivity index (χ1n) is 25.4. The Bertz CT molecular complexity index is 5200. The zero-order chi connectivity index (χ0) is 66.5. The first-order chi connectivity index (χ1) is 44.7. The summed E-state index contributed by atoms with van der Waals surface area (Å²) in [5.41, 5.74) is 15.2. The van der Waals surface area contributed by atoms with Crippen LogP contribution in [0.15, 0.2) is 145 Å². The normalized spacial score (nSPS) is 11.1. The van der Waals surface area contributed by atoms with Crippen molar-refractivity contribution < 1.29 is 34.8 Å². The van der Waals surface area contributed by atoms with Crippen LogP contribution in [0.2, 0.25) is 20.2 Å². The van der Waals surface area contributed by atoms with Gasteiger partial charge in [-0.1, -0.05) is 53.3 Å². The Balaban J connectivity index is 0.000000146. The third-order valence-electron chi connectivity index (χ3n) is 11.7. The summed E-state index contributed by atoms with van der Waals surface area (Å²) in [4.78, 5) is 57.6. The number of nitrogens with two attached hydrogens (primary N) is 2. The van der Waals surface area contributed by atoms with Gasteiger partial charge in [-0.25, -0.2) is 29.2 Å². The molecule has 3 amide bonds. The number of rotatable bonds is 12. The highest BCUT2D eigenvalue weighted by molar-refractivity contribution is 7.12. The summed E-state index contributed by atoms with van der Waals surface area (Å²) in [5.74, 6) is -2.57. The third kappa shape index (κ3) is 16.0. The Morgan fingerprint density at radius 3 is 1.83 bits per heavy atom. The highest BCUT2D eigenvalue weighted by Crippen LogP contribution is 2.41. The van der Waals surface area contributed by atoms with E-state index in [9.17, 15) is 34.8 Å². The van der Waals surface area contributed by atoms with Gasteiger partial charge in [0.05, 0.1) is 82.9 Å². The van der Waals surface area contributed by atoms with Gasteiger partial charge in [-0.3, -0.25) is 19.4 Å². The lowest BCUT2D eigenvalue weighted by molar-refractivity contribution is -0.115. The SMILES string of the molecule is CCC(=O)Nc1cc(N=Nc2snc3nccnc23)cc(Cl)c1O.N#Cc1cc2c(N=Nc3ccc(O)c(C(N)=O)c3)snc2nc1Cl.N#Cc1cnc2nsc(N=Nc3cc(Cl)c(O)cc3Cl)c2c1.[C-]#[N+]c1cncc2c(N=Nc3ccc(O)c(C(N)=O)c3)snc12. The van der Waals surface area contributed by atoms with E-state index in [0.29, 0.717) is 98.1 Å². The van der Waals surface area contributed by atoms with Crippen LogP contribution in [0.1, 0.15) is 45.2 Å². The van der Waals surface area contributed by atoms with E-state index >= 15 is 0 Å². The topological polar surface area (TPSA) is 463 Å². The van der Waals surface area contributed by atoms with Crippen molar-refractivity contribution in [2.24, 2.45) is 52.4 Å². The molecule has 38 heteroatoms. The summed E-state index contributed by atoms with van der Waals surface area (Å²) in [6.07, 6.45) is 7.81. The Morgan fingerprint density at radius 1 is 0.591 bits per heavy atom. The Kier molecular flexibility index (Phi) is 21.3. The van der Waals surface area contributed by atoms with E-state index in [1.807, 2.05) is 12.1 Å². The number of halogens is 4. The molecule has 0 bridgehead atoms. The zero-order valence-electron chi connectivity index (χ0n) is 46.3. The van der Waals surface area contributed by atoms with Gasteiger partial charge in [0.25, 0.3) is 11.8 Å². The number of carbonyl (C=O) groups excluding carboxylic acids is 3. The molecular formula is C55H31Cl4N23O7S4. The fourth-order valence-corrected chi connectivity index (χ4v) is 10.6. The number of amides is 3. The van der Waals surface area contributed by atoms with Crippen molar-refractivity contribution in [3.05, 3.63) is 158 Å². The Labute approximate surface area is 556 Å². The molecule has 8 heterocycles. The van der Waals surface area contributed by atoms with Crippen molar-refractivity contribution >= 4 is 209 Å². The molecule has 0 aliphatic carbocycles. The van der Waals surface area contributed by atoms with E-state index in [0.717, 1.165) is 46.1 Å². The minimum atomic E-state index is -0.773.